The molecule has 0 saturated carbocycles. The van der Waals surface area contributed by atoms with Gasteiger partial charge in [0.15, 0.2) is 0 Å². The summed E-state index contributed by atoms with van der Waals surface area (Å²) in [6.45, 7) is 6.95. The van der Waals surface area contributed by atoms with Crippen LogP contribution in [0.15, 0.2) is 29.0 Å². The first-order valence-corrected chi connectivity index (χ1v) is 8.77. The number of amides is 2. The minimum atomic E-state index is -0.487. The van der Waals surface area contributed by atoms with E-state index in [1.165, 1.54) is 0 Å². The van der Waals surface area contributed by atoms with E-state index in [1.807, 2.05) is 49.7 Å². The smallest absolute Gasteiger partial charge is 0.322 e. The summed E-state index contributed by atoms with van der Waals surface area (Å²) in [5.41, 5.74) is 2.42. The molecule has 2 heterocycles. The number of anilines is 1. The summed E-state index contributed by atoms with van der Waals surface area (Å²) < 4.78 is 11.4. The zero-order chi connectivity index (χ0) is 17.3. The highest BCUT2D eigenvalue weighted by atomic mass is 32.1. The first-order chi connectivity index (χ1) is 11.4. The predicted molar refractivity (Wildman–Crippen MR) is 96.2 cm³/mol. The van der Waals surface area contributed by atoms with Gasteiger partial charge in [-0.15, -0.1) is 11.3 Å². The Hall–Kier alpha value is -2.21. The number of nitrogens with one attached hydrogen (secondary N) is 1. The van der Waals surface area contributed by atoms with E-state index in [-0.39, 0.29) is 6.03 Å². The van der Waals surface area contributed by atoms with Crippen LogP contribution in [-0.4, -0.2) is 30.2 Å². The molecule has 6 heteroatoms. The number of benzene rings is 1. The normalized spacial score (nSPS) is 15.9. The van der Waals surface area contributed by atoms with Crippen molar-refractivity contribution in [1.29, 1.82) is 0 Å². The molecule has 5 nitrogen and oxygen atoms in total. The van der Waals surface area contributed by atoms with Crippen molar-refractivity contribution >= 4 is 23.1 Å². The quantitative estimate of drug-likeness (QED) is 0.883. The van der Waals surface area contributed by atoms with Gasteiger partial charge in [-0.1, -0.05) is 0 Å². The Kier molecular flexibility index (Phi) is 4.41. The lowest BCUT2D eigenvalue weighted by Crippen LogP contribution is -2.44. The summed E-state index contributed by atoms with van der Waals surface area (Å²) in [7, 11) is 1.63. The maximum absolute atomic E-state index is 12.7. The molecule has 128 valence electrons. The minimum Gasteiger partial charge on any atom is -0.497 e. The van der Waals surface area contributed by atoms with E-state index in [0.717, 1.165) is 28.3 Å². The maximum atomic E-state index is 12.7. The summed E-state index contributed by atoms with van der Waals surface area (Å²) in [5.74, 6) is 1.51. The zero-order valence-corrected chi connectivity index (χ0v) is 15.2. The first-order valence-electron chi connectivity index (χ1n) is 7.82. The molecule has 1 aromatic carbocycles. The molecule has 0 saturated heterocycles. The number of nitrogens with zero attached hydrogens (tertiary/aromatic N) is 1. The van der Waals surface area contributed by atoms with Crippen LogP contribution >= 0.6 is 11.3 Å². The molecule has 0 fully saturated rings. The number of carbonyl (C=O) groups is 1. The molecular weight excluding hydrogens is 324 g/mol. The largest absolute Gasteiger partial charge is 0.497 e. The molecule has 0 spiro atoms. The van der Waals surface area contributed by atoms with Crippen molar-refractivity contribution in [3.63, 3.8) is 0 Å². The lowest BCUT2D eigenvalue weighted by molar-refractivity contribution is 0.0833. The summed E-state index contributed by atoms with van der Waals surface area (Å²) in [6.07, 6.45) is 0. The maximum Gasteiger partial charge on any atom is 0.322 e. The lowest BCUT2D eigenvalue weighted by atomic mass is 10.1. The third-order valence-electron chi connectivity index (χ3n) is 3.98. The molecular formula is C18H22N2O3S. The third kappa shape index (κ3) is 3.48. The van der Waals surface area contributed by atoms with Crippen molar-refractivity contribution < 1.29 is 14.3 Å². The molecule has 0 aliphatic carbocycles. The van der Waals surface area contributed by atoms with Gasteiger partial charge in [0.2, 0.25) is 0 Å². The van der Waals surface area contributed by atoms with Crippen molar-refractivity contribution in [2.24, 2.45) is 0 Å². The molecule has 0 atom stereocenters. The van der Waals surface area contributed by atoms with E-state index in [9.17, 15) is 4.79 Å². The number of fused-ring (bicyclic) bond motifs is 1. The van der Waals surface area contributed by atoms with E-state index in [4.69, 9.17) is 9.47 Å². The van der Waals surface area contributed by atoms with Crippen molar-refractivity contribution in [2.75, 3.05) is 19.0 Å². The van der Waals surface area contributed by atoms with Gasteiger partial charge in [-0.2, -0.15) is 0 Å². The van der Waals surface area contributed by atoms with E-state index in [0.29, 0.717) is 13.1 Å². The molecule has 24 heavy (non-hydrogen) atoms. The molecule has 0 radical (unpaired) electrons. The third-order valence-corrected chi connectivity index (χ3v) is 4.84. The molecule has 1 aliphatic heterocycles. The van der Waals surface area contributed by atoms with Crippen LogP contribution < -0.4 is 14.8 Å². The average Bonchev–Trinajstić information content (AvgIpc) is 2.86. The number of methoxy groups -OCH3 is 1. The highest BCUT2D eigenvalue weighted by Crippen LogP contribution is 2.33. The number of aryl methyl sites for hydroxylation is 1. The molecule has 1 N–H and O–H groups in total. The Morgan fingerprint density at radius 2 is 2.17 bits per heavy atom. The molecule has 0 unspecified atom stereocenters. The number of rotatable bonds is 2. The van der Waals surface area contributed by atoms with Gasteiger partial charge in [-0.05, 0) is 43.8 Å². The fourth-order valence-corrected chi connectivity index (χ4v) is 3.55. The number of hydrogen-bond donors (Lipinski definition) is 1. The topological polar surface area (TPSA) is 50.8 Å². The van der Waals surface area contributed by atoms with Crippen LogP contribution in [0.1, 0.15) is 25.0 Å². The van der Waals surface area contributed by atoms with Crippen molar-refractivity contribution in [3.05, 3.63) is 40.1 Å². The number of hydrogen-bond acceptors (Lipinski definition) is 4. The fraction of sp³-hybridized carbons (Fsp3) is 0.389. The summed E-state index contributed by atoms with van der Waals surface area (Å²) in [5, 5.41) is 6.97. The fourth-order valence-electron chi connectivity index (χ4n) is 2.77. The Labute approximate surface area is 146 Å². The standard InChI is InChI=1S/C18H22N2O3S/c1-12-9-24-10-15(12)19-17(21)20-8-13-5-6-14(22-4)7-16(13)23-18(2,3)11-20/h5-7,9-10H,8,11H2,1-4H3,(H,19,21). The second-order valence-corrected chi connectivity index (χ2v) is 7.33. The highest BCUT2D eigenvalue weighted by molar-refractivity contribution is 7.08. The number of carbonyl (C=O) groups excluding carboxylic acids is 1. The van der Waals surface area contributed by atoms with Crippen LogP contribution in [0.25, 0.3) is 0 Å². The van der Waals surface area contributed by atoms with Crippen LogP contribution in [0.4, 0.5) is 10.5 Å². The SMILES string of the molecule is COc1ccc2c(c1)OC(C)(C)CN(C(=O)Nc1cscc1C)C2. The van der Waals surface area contributed by atoms with Gasteiger partial charge >= 0.3 is 6.03 Å². The van der Waals surface area contributed by atoms with Gasteiger partial charge in [0.1, 0.15) is 17.1 Å². The Bertz CT molecular complexity index is 754. The molecule has 1 aromatic heterocycles. The molecule has 0 bridgehead atoms. The van der Waals surface area contributed by atoms with Gasteiger partial charge in [-0.25, -0.2) is 4.79 Å². The van der Waals surface area contributed by atoms with Gasteiger partial charge in [0, 0.05) is 17.0 Å². The summed E-state index contributed by atoms with van der Waals surface area (Å²) in [4.78, 5) is 14.5. The number of urea groups is 1. The van der Waals surface area contributed by atoms with Crippen LogP contribution in [0.2, 0.25) is 0 Å². The van der Waals surface area contributed by atoms with Crippen LogP contribution in [0, 0.1) is 6.92 Å². The highest BCUT2D eigenvalue weighted by Gasteiger charge is 2.32. The van der Waals surface area contributed by atoms with Crippen LogP contribution in [0.3, 0.4) is 0 Å². The average molecular weight is 346 g/mol. The van der Waals surface area contributed by atoms with Crippen LogP contribution in [-0.2, 0) is 6.54 Å². The first kappa shape index (κ1) is 16.6. The Morgan fingerprint density at radius 3 is 2.83 bits per heavy atom. The molecule has 3 rings (SSSR count). The Morgan fingerprint density at radius 1 is 1.38 bits per heavy atom. The van der Waals surface area contributed by atoms with Gasteiger partial charge < -0.3 is 19.7 Å². The van der Waals surface area contributed by atoms with Gasteiger partial charge in [0.05, 0.1) is 25.9 Å². The molecule has 2 aromatic rings. The van der Waals surface area contributed by atoms with Gasteiger partial charge in [-0.3, -0.25) is 0 Å². The summed E-state index contributed by atoms with van der Waals surface area (Å²) in [6, 6.07) is 5.60. The van der Waals surface area contributed by atoms with Crippen molar-refractivity contribution in [1.82, 2.24) is 4.90 Å². The van der Waals surface area contributed by atoms with Crippen molar-refractivity contribution in [2.45, 2.75) is 32.9 Å². The predicted octanol–water partition coefficient (Wildman–Crippen LogP) is 4.27. The van der Waals surface area contributed by atoms with E-state index < -0.39 is 5.60 Å². The zero-order valence-electron chi connectivity index (χ0n) is 14.4. The van der Waals surface area contributed by atoms with E-state index in [1.54, 1.807) is 23.3 Å². The second-order valence-electron chi connectivity index (χ2n) is 6.59. The van der Waals surface area contributed by atoms with Crippen molar-refractivity contribution in [3.8, 4) is 11.5 Å². The van der Waals surface area contributed by atoms with Crippen LogP contribution in [0.5, 0.6) is 11.5 Å². The number of thiophene rings is 1. The monoisotopic (exact) mass is 346 g/mol. The van der Waals surface area contributed by atoms with Gasteiger partial charge in [0.25, 0.3) is 0 Å². The number of ether oxygens (including phenoxy) is 2. The second kappa shape index (κ2) is 6.36. The Balaban J connectivity index is 1.86. The van der Waals surface area contributed by atoms with E-state index >= 15 is 0 Å². The summed E-state index contributed by atoms with van der Waals surface area (Å²) >= 11 is 1.58. The molecule has 2 amide bonds. The minimum absolute atomic E-state index is 0.114. The lowest BCUT2D eigenvalue weighted by Gasteiger charge is -2.29. The van der Waals surface area contributed by atoms with E-state index in [2.05, 4.69) is 5.32 Å². The molecule has 1 aliphatic rings.